The zero-order valence-corrected chi connectivity index (χ0v) is 7.60. The number of carboxylic acid groups (broad SMARTS) is 1. The molecule has 0 fully saturated rings. The highest BCUT2D eigenvalue weighted by molar-refractivity contribution is 8.13. The molecule has 0 bridgehead atoms. The molecule has 70 valence electrons. The maximum absolute atomic E-state index is 10.2. The number of rotatable bonds is 6. The predicted molar refractivity (Wildman–Crippen MR) is 48.1 cm³/mol. The minimum Gasteiger partial charge on any atom is -0.481 e. The summed E-state index contributed by atoms with van der Waals surface area (Å²) in [5, 5.41) is 7.91. The van der Waals surface area contributed by atoms with Crippen molar-refractivity contribution in [1.82, 2.24) is 0 Å². The highest BCUT2D eigenvalue weighted by atomic mass is 32.2. The van der Waals surface area contributed by atoms with Crippen LogP contribution in [-0.2, 0) is 4.79 Å². The fourth-order valence-corrected chi connectivity index (χ4v) is 1.28. The largest absolute Gasteiger partial charge is 0.481 e. The second-order valence-electron chi connectivity index (χ2n) is 2.37. The van der Waals surface area contributed by atoms with Gasteiger partial charge in [0, 0.05) is 12.2 Å². The average Bonchev–Trinajstić information content (AvgIpc) is 1.95. The molecule has 0 atom stereocenters. The molecule has 3 N–H and O–H groups in total. The van der Waals surface area contributed by atoms with Crippen molar-refractivity contribution < 1.29 is 14.7 Å². The summed E-state index contributed by atoms with van der Waals surface area (Å²) in [6.45, 7) is 0. The quantitative estimate of drug-likeness (QED) is 0.622. The van der Waals surface area contributed by atoms with Crippen molar-refractivity contribution in [2.45, 2.75) is 25.7 Å². The molecule has 5 heteroatoms. The third-order valence-corrected chi connectivity index (χ3v) is 2.06. The fraction of sp³-hybridized carbons (Fsp3) is 0.714. The number of nitrogens with two attached hydrogens (primary N) is 1. The number of primary amides is 1. The highest BCUT2D eigenvalue weighted by Gasteiger charge is 1.97. The van der Waals surface area contributed by atoms with E-state index in [1.165, 1.54) is 0 Å². The molecular weight excluding hydrogens is 178 g/mol. The summed E-state index contributed by atoms with van der Waals surface area (Å²) in [7, 11) is 0. The molecule has 4 nitrogen and oxygen atoms in total. The van der Waals surface area contributed by atoms with Crippen LogP contribution in [0, 0.1) is 0 Å². The molecule has 0 unspecified atom stereocenters. The SMILES string of the molecule is NC(=O)SCCCCCC(=O)O. The van der Waals surface area contributed by atoms with Gasteiger partial charge in [0.25, 0.3) is 5.24 Å². The zero-order chi connectivity index (χ0) is 9.40. The second-order valence-corrected chi connectivity index (χ2v) is 3.47. The summed E-state index contributed by atoms with van der Waals surface area (Å²) >= 11 is 1.08. The van der Waals surface area contributed by atoms with Gasteiger partial charge in [0.2, 0.25) is 0 Å². The molecule has 0 aliphatic heterocycles. The zero-order valence-electron chi connectivity index (χ0n) is 6.78. The van der Waals surface area contributed by atoms with E-state index >= 15 is 0 Å². The Hall–Kier alpha value is -0.710. The molecule has 0 rings (SSSR count). The first kappa shape index (κ1) is 11.3. The van der Waals surface area contributed by atoms with Gasteiger partial charge in [-0.25, -0.2) is 0 Å². The van der Waals surface area contributed by atoms with Crippen LogP contribution in [-0.4, -0.2) is 22.1 Å². The molecule has 0 aromatic rings. The number of aliphatic carboxylic acids is 1. The van der Waals surface area contributed by atoms with Crippen molar-refractivity contribution in [2.24, 2.45) is 5.73 Å². The number of thioether (sulfide) groups is 1. The lowest BCUT2D eigenvalue weighted by Crippen LogP contribution is -2.03. The van der Waals surface area contributed by atoms with Gasteiger partial charge < -0.3 is 10.8 Å². The van der Waals surface area contributed by atoms with Crippen LogP contribution in [0.4, 0.5) is 4.79 Å². The van der Waals surface area contributed by atoms with Gasteiger partial charge in [-0.05, 0) is 12.8 Å². The Morgan fingerprint density at radius 1 is 1.25 bits per heavy atom. The molecule has 0 heterocycles. The normalized spacial score (nSPS) is 9.67. The average molecular weight is 191 g/mol. The summed E-state index contributed by atoms with van der Waals surface area (Å²) in [5.74, 6) is -0.0767. The summed E-state index contributed by atoms with van der Waals surface area (Å²) in [4.78, 5) is 20.3. The first-order chi connectivity index (χ1) is 5.63. The van der Waals surface area contributed by atoms with Crippen molar-refractivity contribution in [2.75, 3.05) is 5.75 Å². The predicted octanol–water partition coefficient (Wildman–Crippen LogP) is 1.44. The van der Waals surface area contributed by atoms with Crippen molar-refractivity contribution in [3.8, 4) is 0 Å². The fourth-order valence-electron chi connectivity index (χ4n) is 0.728. The van der Waals surface area contributed by atoms with Crippen molar-refractivity contribution in [1.29, 1.82) is 0 Å². The second kappa shape index (κ2) is 6.97. The summed E-state index contributed by atoms with van der Waals surface area (Å²) in [6.07, 6.45) is 2.57. The molecule has 0 saturated carbocycles. The minimum atomic E-state index is -0.766. The van der Waals surface area contributed by atoms with E-state index in [9.17, 15) is 9.59 Å². The Kier molecular flexibility index (Phi) is 6.55. The molecular formula is C7H13NO3S. The maximum Gasteiger partial charge on any atom is 0.303 e. The van der Waals surface area contributed by atoms with E-state index < -0.39 is 5.97 Å². The Bertz CT molecular complexity index is 143. The third-order valence-electron chi connectivity index (χ3n) is 1.28. The number of hydrogen-bond donors (Lipinski definition) is 2. The molecule has 0 aliphatic carbocycles. The van der Waals surface area contributed by atoms with E-state index in [1.54, 1.807) is 0 Å². The van der Waals surface area contributed by atoms with Crippen molar-refractivity contribution in [3.63, 3.8) is 0 Å². The molecule has 0 radical (unpaired) electrons. The number of hydrogen-bond acceptors (Lipinski definition) is 3. The van der Waals surface area contributed by atoms with Crippen LogP contribution < -0.4 is 5.73 Å². The highest BCUT2D eigenvalue weighted by Crippen LogP contribution is 2.06. The summed E-state index contributed by atoms with van der Waals surface area (Å²) in [6, 6.07) is 0. The van der Waals surface area contributed by atoms with Crippen LogP contribution in [0.3, 0.4) is 0 Å². The molecule has 1 amide bonds. The van der Waals surface area contributed by atoms with Crippen LogP contribution in [0.1, 0.15) is 25.7 Å². The lowest BCUT2D eigenvalue weighted by molar-refractivity contribution is -0.137. The standard InChI is InChI=1S/C7H13NO3S/c8-7(11)12-5-3-1-2-4-6(9)10/h1-5H2,(H2,8,11)(H,9,10). The van der Waals surface area contributed by atoms with Gasteiger partial charge in [-0.2, -0.15) is 0 Å². The summed E-state index contributed by atoms with van der Waals surface area (Å²) < 4.78 is 0. The molecule has 0 spiro atoms. The van der Waals surface area contributed by atoms with Crippen molar-refractivity contribution >= 4 is 23.0 Å². The first-order valence-electron chi connectivity index (χ1n) is 3.77. The van der Waals surface area contributed by atoms with Crippen LogP contribution in [0.25, 0.3) is 0 Å². The Morgan fingerprint density at radius 3 is 2.42 bits per heavy atom. The topological polar surface area (TPSA) is 80.4 Å². The number of carbonyl (C=O) groups excluding carboxylic acids is 1. The van der Waals surface area contributed by atoms with E-state index in [0.717, 1.165) is 24.6 Å². The number of carboxylic acids is 1. The van der Waals surface area contributed by atoms with Crippen LogP contribution in [0.2, 0.25) is 0 Å². The number of amides is 1. The smallest absolute Gasteiger partial charge is 0.303 e. The van der Waals surface area contributed by atoms with Gasteiger partial charge in [-0.15, -0.1) is 0 Å². The van der Waals surface area contributed by atoms with Gasteiger partial charge in [0.1, 0.15) is 0 Å². The van der Waals surface area contributed by atoms with Crippen LogP contribution in [0.15, 0.2) is 0 Å². The first-order valence-corrected chi connectivity index (χ1v) is 4.75. The summed E-state index contributed by atoms with van der Waals surface area (Å²) in [5.41, 5.74) is 4.89. The lowest BCUT2D eigenvalue weighted by Gasteiger charge is -1.96. The Labute approximate surface area is 75.5 Å². The van der Waals surface area contributed by atoms with Gasteiger partial charge in [-0.3, -0.25) is 9.59 Å². The Morgan fingerprint density at radius 2 is 1.92 bits per heavy atom. The number of carbonyl (C=O) groups is 2. The van der Waals surface area contributed by atoms with E-state index in [2.05, 4.69) is 0 Å². The van der Waals surface area contributed by atoms with Gasteiger partial charge >= 0.3 is 5.97 Å². The Balaban J connectivity index is 3.01. The molecule has 12 heavy (non-hydrogen) atoms. The van der Waals surface area contributed by atoms with Gasteiger partial charge in [-0.1, -0.05) is 18.2 Å². The van der Waals surface area contributed by atoms with Gasteiger partial charge in [0.05, 0.1) is 0 Å². The third kappa shape index (κ3) is 9.29. The molecule has 0 aliphatic rings. The lowest BCUT2D eigenvalue weighted by atomic mass is 10.2. The monoisotopic (exact) mass is 191 g/mol. The maximum atomic E-state index is 10.2. The van der Waals surface area contributed by atoms with E-state index in [0.29, 0.717) is 12.2 Å². The van der Waals surface area contributed by atoms with E-state index in [4.69, 9.17) is 10.8 Å². The van der Waals surface area contributed by atoms with Crippen LogP contribution in [0.5, 0.6) is 0 Å². The molecule has 0 saturated heterocycles. The number of unbranched alkanes of at least 4 members (excludes halogenated alkanes) is 2. The van der Waals surface area contributed by atoms with Gasteiger partial charge in [0.15, 0.2) is 0 Å². The van der Waals surface area contributed by atoms with E-state index in [1.807, 2.05) is 0 Å². The van der Waals surface area contributed by atoms with Crippen LogP contribution >= 0.6 is 11.8 Å². The van der Waals surface area contributed by atoms with E-state index in [-0.39, 0.29) is 11.7 Å². The molecule has 0 aromatic heterocycles. The molecule has 0 aromatic carbocycles. The van der Waals surface area contributed by atoms with Crippen molar-refractivity contribution in [3.05, 3.63) is 0 Å². The minimum absolute atomic E-state index is 0.210.